The third-order valence-electron chi connectivity index (χ3n) is 3.76. The Labute approximate surface area is 140 Å². The van der Waals surface area contributed by atoms with E-state index in [4.69, 9.17) is 5.11 Å². The van der Waals surface area contributed by atoms with Gasteiger partial charge in [-0.1, -0.05) is 33.1 Å². The summed E-state index contributed by atoms with van der Waals surface area (Å²) >= 11 is 1.07. The van der Waals surface area contributed by atoms with Gasteiger partial charge in [-0.05, 0) is 5.92 Å². The lowest BCUT2D eigenvalue weighted by atomic mass is 9.88. The number of aliphatic carboxylic acids is 1. The molecule has 1 aliphatic heterocycles. The summed E-state index contributed by atoms with van der Waals surface area (Å²) in [5.74, 6) is -1.61. The van der Waals surface area contributed by atoms with E-state index in [2.05, 4.69) is 17.6 Å². The fourth-order valence-electron chi connectivity index (χ4n) is 1.86. The summed E-state index contributed by atoms with van der Waals surface area (Å²) in [6.07, 6.45) is 4.55. The second-order valence-corrected chi connectivity index (χ2v) is 7.19. The summed E-state index contributed by atoms with van der Waals surface area (Å²) in [7, 11) is 0. The molecule has 2 fully saturated rings. The molecule has 0 aromatic rings. The zero-order valence-corrected chi connectivity index (χ0v) is 14.3. The number of amides is 3. The molecule has 3 amide bonds. The van der Waals surface area contributed by atoms with E-state index < -0.39 is 17.1 Å². The van der Waals surface area contributed by atoms with Gasteiger partial charge in [-0.3, -0.25) is 24.5 Å². The maximum absolute atomic E-state index is 11.4. The Morgan fingerprint density at radius 2 is 2.00 bits per heavy atom. The first-order chi connectivity index (χ1) is 10.8. The van der Waals surface area contributed by atoms with Crippen molar-refractivity contribution in [3.05, 3.63) is 0 Å². The van der Waals surface area contributed by atoms with Crippen molar-refractivity contribution in [3.8, 4) is 0 Å². The molecule has 2 aliphatic rings. The standard InChI is InChI=1S/C10H14N2O5S.C5H10/c1-5(10(16)17)3-11-8(14)4-18-6-2-7(13)12-9(6)15;1-5-3-2-4-5/h5-6H,2-4H2,1H3,(H,11,14)(H,16,17)(H,12,13,15);5H,2-4H2,1H3. The Hall–Kier alpha value is -1.57. The van der Waals surface area contributed by atoms with Gasteiger partial charge in [0.15, 0.2) is 0 Å². The van der Waals surface area contributed by atoms with Crippen LogP contribution in [0.15, 0.2) is 0 Å². The maximum atomic E-state index is 11.4. The second kappa shape index (κ2) is 9.54. The minimum absolute atomic E-state index is 0.0255. The molecule has 8 heteroatoms. The first-order valence-electron chi connectivity index (χ1n) is 7.74. The Bertz CT molecular complexity index is 465. The summed E-state index contributed by atoms with van der Waals surface area (Å²) in [6, 6.07) is 0. The predicted octanol–water partition coefficient (Wildman–Crippen LogP) is 0.778. The Balaban J connectivity index is 0.000000446. The quantitative estimate of drug-likeness (QED) is 0.614. The molecule has 3 N–H and O–H groups in total. The van der Waals surface area contributed by atoms with E-state index in [0.717, 1.165) is 17.7 Å². The molecule has 1 saturated carbocycles. The molecule has 1 heterocycles. The highest BCUT2D eigenvalue weighted by atomic mass is 32.2. The predicted molar refractivity (Wildman–Crippen MR) is 86.8 cm³/mol. The molecule has 0 aromatic heterocycles. The monoisotopic (exact) mass is 344 g/mol. The van der Waals surface area contributed by atoms with Crippen LogP contribution in [-0.2, 0) is 19.2 Å². The minimum atomic E-state index is -0.983. The number of carbonyl (C=O) groups excluding carboxylic acids is 3. The molecule has 130 valence electrons. The van der Waals surface area contributed by atoms with Crippen LogP contribution in [0.5, 0.6) is 0 Å². The number of hydrogen-bond donors (Lipinski definition) is 3. The lowest BCUT2D eigenvalue weighted by Gasteiger charge is -2.18. The van der Waals surface area contributed by atoms with E-state index >= 15 is 0 Å². The third-order valence-corrected chi connectivity index (χ3v) is 4.97. The zero-order chi connectivity index (χ0) is 17.4. The zero-order valence-electron chi connectivity index (χ0n) is 13.5. The number of imide groups is 1. The van der Waals surface area contributed by atoms with Crippen LogP contribution in [0.2, 0.25) is 0 Å². The van der Waals surface area contributed by atoms with Gasteiger partial charge in [0.1, 0.15) is 0 Å². The first-order valence-corrected chi connectivity index (χ1v) is 8.79. The number of carboxylic acid groups (broad SMARTS) is 1. The number of rotatable bonds is 6. The van der Waals surface area contributed by atoms with E-state index in [0.29, 0.717) is 0 Å². The van der Waals surface area contributed by atoms with E-state index in [1.807, 2.05) is 0 Å². The first kappa shape index (κ1) is 19.5. The summed E-state index contributed by atoms with van der Waals surface area (Å²) in [4.78, 5) is 44.0. The summed E-state index contributed by atoms with van der Waals surface area (Å²) in [5, 5.41) is 12.7. The average Bonchev–Trinajstić information content (AvgIpc) is 2.78. The van der Waals surface area contributed by atoms with Gasteiger partial charge in [0, 0.05) is 13.0 Å². The number of carboxylic acids is 1. The molecule has 1 saturated heterocycles. The number of carbonyl (C=O) groups is 4. The lowest BCUT2D eigenvalue weighted by Crippen LogP contribution is -2.33. The molecule has 23 heavy (non-hydrogen) atoms. The summed E-state index contributed by atoms with van der Waals surface area (Å²) < 4.78 is 0. The fourth-order valence-corrected chi connectivity index (χ4v) is 2.79. The topological polar surface area (TPSA) is 113 Å². The van der Waals surface area contributed by atoms with Crippen LogP contribution in [0.3, 0.4) is 0 Å². The van der Waals surface area contributed by atoms with Crippen molar-refractivity contribution in [1.82, 2.24) is 10.6 Å². The molecule has 2 rings (SSSR count). The van der Waals surface area contributed by atoms with Crippen molar-refractivity contribution in [1.29, 1.82) is 0 Å². The third kappa shape index (κ3) is 7.49. The van der Waals surface area contributed by atoms with E-state index in [9.17, 15) is 19.2 Å². The van der Waals surface area contributed by atoms with Gasteiger partial charge in [-0.2, -0.15) is 0 Å². The van der Waals surface area contributed by atoms with Crippen LogP contribution in [0, 0.1) is 11.8 Å². The summed E-state index contributed by atoms with van der Waals surface area (Å²) in [6.45, 7) is 3.84. The maximum Gasteiger partial charge on any atom is 0.308 e. The van der Waals surface area contributed by atoms with Crippen molar-refractivity contribution < 1.29 is 24.3 Å². The molecule has 7 nitrogen and oxygen atoms in total. The molecular weight excluding hydrogens is 320 g/mol. The molecular formula is C15H24N2O5S. The van der Waals surface area contributed by atoms with Crippen molar-refractivity contribution in [3.63, 3.8) is 0 Å². The van der Waals surface area contributed by atoms with E-state index in [1.54, 1.807) is 0 Å². The smallest absolute Gasteiger partial charge is 0.308 e. The van der Waals surface area contributed by atoms with Crippen LogP contribution in [0.4, 0.5) is 0 Å². The molecule has 0 bridgehead atoms. The van der Waals surface area contributed by atoms with E-state index in [1.165, 1.54) is 26.2 Å². The SMILES string of the molecule is CC(CNC(=O)CSC1CC(=O)NC1=O)C(=O)O.CC1CCC1. The second-order valence-electron chi connectivity index (χ2n) is 6.00. The molecule has 0 radical (unpaired) electrons. The van der Waals surface area contributed by atoms with Gasteiger partial charge in [0.05, 0.1) is 16.9 Å². The Kier molecular flexibility index (Phi) is 8.08. The van der Waals surface area contributed by atoms with Crippen molar-refractivity contribution in [2.45, 2.75) is 44.8 Å². The molecule has 0 aromatic carbocycles. The van der Waals surface area contributed by atoms with Crippen LogP contribution < -0.4 is 10.6 Å². The minimum Gasteiger partial charge on any atom is -0.481 e. The molecule has 2 atom stereocenters. The van der Waals surface area contributed by atoms with Gasteiger partial charge in [0.2, 0.25) is 17.7 Å². The van der Waals surface area contributed by atoms with Crippen LogP contribution >= 0.6 is 11.8 Å². The van der Waals surface area contributed by atoms with Gasteiger partial charge >= 0.3 is 5.97 Å². The Morgan fingerprint density at radius 1 is 1.39 bits per heavy atom. The molecule has 1 aliphatic carbocycles. The Morgan fingerprint density at radius 3 is 2.39 bits per heavy atom. The average molecular weight is 344 g/mol. The number of nitrogens with one attached hydrogen (secondary N) is 2. The largest absolute Gasteiger partial charge is 0.481 e. The van der Waals surface area contributed by atoms with Crippen LogP contribution in [0.1, 0.15) is 39.5 Å². The number of hydrogen-bond acceptors (Lipinski definition) is 5. The van der Waals surface area contributed by atoms with Crippen molar-refractivity contribution in [2.75, 3.05) is 12.3 Å². The van der Waals surface area contributed by atoms with Gasteiger partial charge < -0.3 is 10.4 Å². The molecule has 2 unspecified atom stereocenters. The highest BCUT2D eigenvalue weighted by molar-refractivity contribution is 8.01. The lowest BCUT2D eigenvalue weighted by molar-refractivity contribution is -0.141. The summed E-state index contributed by atoms with van der Waals surface area (Å²) in [5.41, 5.74) is 0. The van der Waals surface area contributed by atoms with Crippen molar-refractivity contribution >= 4 is 35.5 Å². The molecule has 0 spiro atoms. The normalized spacial score (nSPS) is 21.6. The highest BCUT2D eigenvalue weighted by Crippen LogP contribution is 2.24. The van der Waals surface area contributed by atoms with Crippen LogP contribution in [-0.4, -0.2) is 46.3 Å². The van der Waals surface area contributed by atoms with Gasteiger partial charge in [0.25, 0.3) is 0 Å². The van der Waals surface area contributed by atoms with Gasteiger partial charge in [-0.15, -0.1) is 11.8 Å². The van der Waals surface area contributed by atoms with Gasteiger partial charge in [-0.25, -0.2) is 0 Å². The van der Waals surface area contributed by atoms with Crippen molar-refractivity contribution in [2.24, 2.45) is 11.8 Å². The van der Waals surface area contributed by atoms with Crippen LogP contribution in [0.25, 0.3) is 0 Å². The number of thioether (sulfide) groups is 1. The fraction of sp³-hybridized carbons (Fsp3) is 0.733. The van der Waals surface area contributed by atoms with E-state index in [-0.39, 0.29) is 36.4 Å². The highest BCUT2D eigenvalue weighted by Gasteiger charge is 2.31.